The Hall–Kier alpha value is -1.94. The van der Waals surface area contributed by atoms with Gasteiger partial charge in [-0.3, -0.25) is 4.79 Å². The van der Waals surface area contributed by atoms with Crippen LogP contribution < -0.4 is 10.9 Å². The minimum absolute atomic E-state index is 0.0233. The van der Waals surface area contributed by atoms with Crippen LogP contribution in [-0.2, 0) is 12.8 Å². The quantitative estimate of drug-likeness (QED) is 0.947. The second-order valence-corrected chi connectivity index (χ2v) is 6.85. The molecule has 1 heterocycles. The molecule has 4 heteroatoms. The molecular weight excluding hydrogens is 286 g/mol. The molecule has 1 aromatic carbocycles. The van der Waals surface area contributed by atoms with E-state index in [1.807, 2.05) is 0 Å². The molecule has 1 fully saturated rings. The van der Waals surface area contributed by atoms with E-state index in [-0.39, 0.29) is 11.6 Å². The minimum atomic E-state index is 0.0233. The maximum Gasteiger partial charge on any atom is 0.266 e. The van der Waals surface area contributed by atoms with Crippen LogP contribution in [0.4, 0.5) is 0 Å². The summed E-state index contributed by atoms with van der Waals surface area (Å²) in [6, 6.07) is 13.5. The molecular formula is C19H23N3O. The van der Waals surface area contributed by atoms with E-state index in [1.54, 1.807) is 23.0 Å². The van der Waals surface area contributed by atoms with Crippen molar-refractivity contribution in [1.29, 1.82) is 0 Å². The lowest BCUT2D eigenvalue weighted by Crippen LogP contribution is -2.42. The highest BCUT2D eigenvalue weighted by Crippen LogP contribution is 2.29. The molecule has 2 aliphatic rings. The smallest absolute Gasteiger partial charge is 0.266 e. The lowest BCUT2D eigenvalue weighted by molar-refractivity contribution is 0.256. The fourth-order valence-electron chi connectivity index (χ4n) is 4.14. The largest absolute Gasteiger partial charge is 0.311 e. The van der Waals surface area contributed by atoms with Crippen LogP contribution in [0.25, 0.3) is 0 Å². The summed E-state index contributed by atoms with van der Waals surface area (Å²) in [5, 5.41) is 8.08. The summed E-state index contributed by atoms with van der Waals surface area (Å²) in [5.74, 6) is 0. The predicted molar refractivity (Wildman–Crippen MR) is 90.6 cm³/mol. The highest BCUT2D eigenvalue weighted by molar-refractivity contribution is 5.33. The molecule has 0 amide bonds. The molecule has 0 aliphatic heterocycles. The Morgan fingerprint density at radius 3 is 2.26 bits per heavy atom. The van der Waals surface area contributed by atoms with Crippen molar-refractivity contribution in [2.45, 2.75) is 56.7 Å². The number of benzene rings is 1. The van der Waals surface area contributed by atoms with Gasteiger partial charge in [-0.15, -0.1) is 0 Å². The topological polar surface area (TPSA) is 46.9 Å². The monoisotopic (exact) mass is 309 g/mol. The SMILES string of the molecule is O=c1cccnn1C1CCC(NC2Cc3ccccc3C2)CC1. The van der Waals surface area contributed by atoms with Gasteiger partial charge < -0.3 is 5.32 Å². The zero-order valence-corrected chi connectivity index (χ0v) is 13.3. The molecule has 4 nitrogen and oxygen atoms in total. The van der Waals surface area contributed by atoms with Crippen molar-refractivity contribution >= 4 is 0 Å². The van der Waals surface area contributed by atoms with Gasteiger partial charge in [0.1, 0.15) is 0 Å². The summed E-state index contributed by atoms with van der Waals surface area (Å²) in [5.41, 5.74) is 3.02. The Balaban J connectivity index is 1.33. The van der Waals surface area contributed by atoms with E-state index in [4.69, 9.17) is 0 Å². The van der Waals surface area contributed by atoms with Crippen LogP contribution in [0.1, 0.15) is 42.9 Å². The molecule has 1 N–H and O–H groups in total. The number of rotatable bonds is 3. The molecule has 2 aliphatic carbocycles. The van der Waals surface area contributed by atoms with Crippen LogP contribution in [0.2, 0.25) is 0 Å². The molecule has 2 aromatic rings. The number of hydrogen-bond donors (Lipinski definition) is 1. The van der Waals surface area contributed by atoms with Crippen LogP contribution in [0.5, 0.6) is 0 Å². The minimum Gasteiger partial charge on any atom is -0.311 e. The number of aromatic nitrogens is 2. The number of fused-ring (bicyclic) bond motifs is 1. The normalized spacial score (nSPS) is 24.5. The van der Waals surface area contributed by atoms with Gasteiger partial charge in [0, 0.05) is 24.3 Å². The molecule has 1 saturated carbocycles. The van der Waals surface area contributed by atoms with Gasteiger partial charge in [-0.05, 0) is 55.7 Å². The molecule has 0 saturated heterocycles. The van der Waals surface area contributed by atoms with Crippen LogP contribution >= 0.6 is 0 Å². The molecule has 0 unspecified atom stereocenters. The summed E-state index contributed by atoms with van der Waals surface area (Å²) in [6.45, 7) is 0. The van der Waals surface area contributed by atoms with Gasteiger partial charge in [-0.1, -0.05) is 24.3 Å². The first kappa shape index (κ1) is 14.6. The zero-order valence-electron chi connectivity index (χ0n) is 13.3. The van der Waals surface area contributed by atoms with Gasteiger partial charge >= 0.3 is 0 Å². The van der Waals surface area contributed by atoms with Crippen LogP contribution in [0, 0.1) is 0 Å². The van der Waals surface area contributed by atoms with Crippen molar-refractivity contribution < 1.29 is 0 Å². The molecule has 4 rings (SSSR count). The highest BCUT2D eigenvalue weighted by atomic mass is 16.1. The summed E-state index contributed by atoms with van der Waals surface area (Å²) in [4.78, 5) is 11.9. The third kappa shape index (κ3) is 3.08. The van der Waals surface area contributed by atoms with Gasteiger partial charge in [0.2, 0.25) is 0 Å². The van der Waals surface area contributed by atoms with Crippen molar-refractivity contribution in [3.05, 3.63) is 64.1 Å². The Morgan fingerprint density at radius 2 is 1.61 bits per heavy atom. The van der Waals surface area contributed by atoms with Crippen LogP contribution in [-0.4, -0.2) is 21.9 Å². The molecule has 1 aromatic heterocycles. The summed E-state index contributed by atoms with van der Waals surface area (Å²) >= 11 is 0. The molecule has 0 atom stereocenters. The molecule has 0 radical (unpaired) electrons. The predicted octanol–water partition coefficient (Wildman–Crippen LogP) is 2.48. The Labute approximate surface area is 136 Å². The Morgan fingerprint density at radius 1 is 0.913 bits per heavy atom. The Bertz CT molecular complexity index is 706. The van der Waals surface area contributed by atoms with Crippen molar-refractivity contribution in [1.82, 2.24) is 15.1 Å². The third-order valence-corrected chi connectivity index (χ3v) is 5.31. The second-order valence-electron chi connectivity index (χ2n) is 6.85. The first-order chi connectivity index (χ1) is 11.3. The zero-order chi connectivity index (χ0) is 15.6. The fourth-order valence-corrected chi connectivity index (χ4v) is 4.14. The van der Waals surface area contributed by atoms with Crippen molar-refractivity contribution in [2.75, 3.05) is 0 Å². The lowest BCUT2D eigenvalue weighted by atomic mass is 9.90. The molecule has 23 heavy (non-hydrogen) atoms. The average molecular weight is 309 g/mol. The van der Waals surface area contributed by atoms with E-state index >= 15 is 0 Å². The molecule has 0 bridgehead atoms. The van der Waals surface area contributed by atoms with Crippen LogP contribution in [0.15, 0.2) is 47.4 Å². The van der Waals surface area contributed by atoms with E-state index in [1.165, 1.54) is 11.1 Å². The lowest BCUT2D eigenvalue weighted by Gasteiger charge is -2.31. The van der Waals surface area contributed by atoms with Gasteiger partial charge in [0.25, 0.3) is 5.56 Å². The third-order valence-electron chi connectivity index (χ3n) is 5.31. The van der Waals surface area contributed by atoms with Crippen molar-refractivity contribution in [3.63, 3.8) is 0 Å². The maximum absolute atomic E-state index is 11.9. The van der Waals surface area contributed by atoms with E-state index in [0.717, 1.165) is 38.5 Å². The van der Waals surface area contributed by atoms with Gasteiger partial charge in [0.05, 0.1) is 6.04 Å². The van der Waals surface area contributed by atoms with Crippen molar-refractivity contribution in [3.8, 4) is 0 Å². The first-order valence-corrected chi connectivity index (χ1v) is 8.66. The van der Waals surface area contributed by atoms with E-state index in [9.17, 15) is 4.79 Å². The van der Waals surface area contributed by atoms with Crippen LogP contribution in [0.3, 0.4) is 0 Å². The van der Waals surface area contributed by atoms with E-state index in [0.29, 0.717) is 12.1 Å². The number of nitrogens with one attached hydrogen (secondary N) is 1. The van der Waals surface area contributed by atoms with Crippen molar-refractivity contribution in [2.24, 2.45) is 0 Å². The van der Waals surface area contributed by atoms with E-state index < -0.39 is 0 Å². The van der Waals surface area contributed by atoms with E-state index in [2.05, 4.69) is 34.7 Å². The molecule has 0 spiro atoms. The van der Waals surface area contributed by atoms with Gasteiger partial charge in [0.15, 0.2) is 0 Å². The maximum atomic E-state index is 11.9. The Kier molecular flexibility index (Phi) is 4.00. The second kappa shape index (κ2) is 6.28. The highest BCUT2D eigenvalue weighted by Gasteiger charge is 2.27. The van der Waals surface area contributed by atoms with Gasteiger partial charge in [-0.25, -0.2) is 4.68 Å². The summed E-state index contributed by atoms with van der Waals surface area (Å²) in [7, 11) is 0. The first-order valence-electron chi connectivity index (χ1n) is 8.66. The fraction of sp³-hybridized carbons (Fsp3) is 0.474. The average Bonchev–Trinajstić information content (AvgIpc) is 2.98. The summed E-state index contributed by atoms with van der Waals surface area (Å²) in [6.07, 6.45) is 8.33. The number of nitrogens with zero attached hydrogens (tertiary/aromatic N) is 2. The summed E-state index contributed by atoms with van der Waals surface area (Å²) < 4.78 is 1.67. The number of hydrogen-bond acceptors (Lipinski definition) is 3. The van der Waals surface area contributed by atoms with Gasteiger partial charge in [-0.2, -0.15) is 5.10 Å². The molecule has 120 valence electrons. The standard InChI is InChI=1S/C19H23N3O/c23-19-6-3-11-20-22(19)18-9-7-16(8-10-18)21-17-12-14-4-1-2-5-15(14)13-17/h1-6,11,16-18,21H,7-10,12-13H2.